The van der Waals surface area contributed by atoms with Crippen molar-refractivity contribution in [2.45, 2.75) is 18.6 Å². The number of sulfonamides is 1. The number of piperidine rings is 1. The first-order valence-corrected chi connectivity index (χ1v) is 13.0. The molecule has 1 atom stereocenters. The van der Waals surface area contributed by atoms with E-state index in [4.69, 9.17) is 32.7 Å². The number of nitrogens with zero attached hydrogens (tertiary/aromatic N) is 1. The molecule has 188 valence electrons. The molecule has 0 radical (unpaired) electrons. The number of carbonyl (C=O) groups excluding carboxylic acids is 3. The normalized spacial score (nSPS) is 16.4. The van der Waals surface area contributed by atoms with Crippen LogP contribution < -0.4 is 5.32 Å². The van der Waals surface area contributed by atoms with Gasteiger partial charge in [-0.15, -0.1) is 0 Å². The summed E-state index contributed by atoms with van der Waals surface area (Å²) < 4.78 is 36.8. The molecule has 12 heteroatoms. The van der Waals surface area contributed by atoms with Gasteiger partial charge in [0.05, 0.1) is 52.7 Å². The van der Waals surface area contributed by atoms with Gasteiger partial charge in [-0.25, -0.2) is 22.3 Å². The Morgan fingerprint density at radius 2 is 1.74 bits per heavy atom. The van der Waals surface area contributed by atoms with E-state index >= 15 is 0 Å². The van der Waals surface area contributed by atoms with Crippen LogP contribution >= 0.6 is 23.2 Å². The molecule has 9 nitrogen and oxygen atoms in total. The summed E-state index contributed by atoms with van der Waals surface area (Å²) in [6, 6.07) is 8.66. The predicted octanol–water partition coefficient (Wildman–Crippen LogP) is 3.75. The van der Waals surface area contributed by atoms with E-state index in [1.54, 1.807) is 6.07 Å². The smallest absolute Gasteiger partial charge is 0.339 e. The fraction of sp³-hybridized carbons (Fsp3) is 0.348. The van der Waals surface area contributed by atoms with Crippen LogP contribution in [-0.2, 0) is 30.0 Å². The molecular formula is C23H24Cl2N2O7S. The summed E-state index contributed by atoms with van der Waals surface area (Å²) in [5.41, 5.74) is 0.729. The first kappa shape index (κ1) is 26.9. The molecule has 1 aliphatic heterocycles. The lowest BCUT2D eigenvalue weighted by atomic mass is 9.98. The van der Waals surface area contributed by atoms with Gasteiger partial charge in [0.15, 0.2) is 0 Å². The molecule has 0 aromatic heterocycles. The number of halogens is 2. The standard InChI is InChI=1S/C23H24Cl2N2O7S/c1-33-22(29)15-6-7-17(23(30)34-2)20(11-15)26-21(28)16-4-3-9-27(12-16)35(31,32)13-14-5-8-18(24)19(25)10-14/h5-8,10-11,16H,3-4,9,12-13H2,1-2H3,(H,26,28)/t16-/m1/s1. The molecule has 0 spiro atoms. The summed E-state index contributed by atoms with van der Waals surface area (Å²) in [6.07, 6.45) is 0.930. The number of carbonyl (C=O) groups is 3. The third-order valence-corrected chi connectivity index (χ3v) is 8.14. The molecule has 0 saturated carbocycles. The number of methoxy groups -OCH3 is 2. The first-order valence-electron chi connectivity index (χ1n) is 10.6. The van der Waals surface area contributed by atoms with Crippen LogP contribution in [0.5, 0.6) is 0 Å². The van der Waals surface area contributed by atoms with Gasteiger partial charge in [-0.3, -0.25) is 4.79 Å². The maximum Gasteiger partial charge on any atom is 0.339 e. The lowest BCUT2D eigenvalue weighted by molar-refractivity contribution is -0.120. The van der Waals surface area contributed by atoms with Crippen molar-refractivity contribution in [2.75, 3.05) is 32.6 Å². The van der Waals surface area contributed by atoms with E-state index in [0.29, 0.717) is 23.4 Å². The number of hydrogen-bond acceptors (Lipinski definition) is 7. The van der Waals surface area contributed by atoms with Crippen molar-refractivity contribution in [3.8, 4) is 0 Å². The number of nitrogens with one attached hydrogen (secondary N) is 1. The minimum absolute atomic E-state index is 0.0280. The van der Waals surface area contributed by atoms with Crippen molar-refractivity contribution < 1.29 is 32.3 Å². The topological polar surface area (TPSA) is 119 Å². The predicted molar refractivity (Wildman–Crippen MR) is 131 cm³/mol. The highest BCUT2D eigenvalue weighted by Gasteiger charge is 2.33. The molecule has 35 heavy (non-hydrogen) atoms. The molecule has 0 bridgehead atoms. The molecule has 1 N–H and O–H groups in total. The van der Waals surface area contributed by atoms with Crippen molar-refractivity contribution >= 4 is 56.8 Å². The van der Waals surface area contributed by atoms with Crippen LogP contribution in [0.1, 0.15) is 39.1 Å². The van der Waals surface area contributed by atoms with Crippen molar-refractivity contribution in [3.05, 3.63) is 63.1 Å². The van der Waals surface area contributed by atoms with Gasteiger partial charge in [0.1, 0.15) is 0 Å². The molecule has 0 aliphatic carbocycles. The van der Waals surface area contributed by atoms with Gasteiger partial charge in [-0.2, -0.15) is 0 Å². The first-order chi connectivity index (χ1) is 16.6. The van der Waals surface area contributed by atoms with Crippen molar-refractivity contribution in [3.63, 3.8) is 0 Å². The average Bonchev–Trinajstić information content (AvgIpc) is 2.85. The van der Waals surface area contributed by atoms with E-state index in [2.05, 4.69) is 5.32 Å². The van der Waals surface area contributed by atoms with Gasteiger partial charge < -0.3 is 14.8 Å². The van der Waals surface area contributed by atoms with Crippen molar-refractivity contribution in [2.24, 2.45) is 5.92 Å². The second-order valence-electron chi connectivity index (χ2n) is 7.93. The maximum atomic E-state index is 13.1. The van der Waals surface area contributed by atoms with Crippen LogP contribution in [0, 0.1) is 5.92 Å². The molecule has 1 saturated heterocycles. The summed E-state index contributed by atoms with van der Waals surface area (Å²) in [5, 5.41) is 3.23. The van der Waals surface area contributed by atoms with Crippen LogP contribution in [0.2, 0.25) is 10.0 Å². The number of benzene rings is 2. The summed E-state index contributed by atoms with van der Waals surface area (Å²) in [4.78, 5) is 37.1. The highest BCUT2D eigenvalue weighted by Crippen LogP contribution is 2.27. The largest absolute Gasteiger partial charge is 0.465 e. The molecule has 1 fully saturated rings. The summed E-state index contributed by atoms with van der Waals surface area (Å²) in [6.45, 7) is 0.248. The zero-order valence-electron chi connectivity index (χ0n) is 19.0. The lowest BCUT2D eigenvalue weighted by Gasteiger charge is -2.31. The Morgan fingerprint density at radius 1 is 1.03 bits per heavy atom. The minimum atomic E-state index is -3.74. The van der Waals surface area contributed by atoms with Crippen LogP contribution in [0.4, 0.5) is 5.69 Å². The quantitative estimate of drug-likeness (QED) is 0.529. The van der Waals surface area contributed by atoms with Crippen LogP contribution in [0.15, 0.2) is 36.4 Å². The van der Waals surface area contributed by atoms with E-state index in [9.17, 15) is 22.8 Å². The number of ether oxygens (including phenoxy) is 2. The number of rotatable bonds is 7. The Hall–Kier alpha value is -2.66. The molecule has 2 aromatic rings. The molecule has 1 amide bonds. The molecule has 0 unspecified atom stereocenters. The molecule has 3 rings (SSSR count). The number of anilines is 1. The highest BCUT2D eigenvalue weighted by atomic mass is 35.5. The molecule has 1 aliphatic rings. The second kappa shape index (κ2) is 11.4. The van der Waals surface area contributed by atoms with E-state index < -0.39 is 33.8 Å². The Balaban J connectivity index is 1.77. The number of hydrogen-bond donors (Lipinski definition) is 1. The highest BCUT2D eigenvalue weighted by molar-refractivity contribution is 7.88. The fourth-order valence-electron chi connectivity index (χ4n) is 3.76. The number of esters is 2. The van der Waals surface area contributed by atoms with E-state index in [-0.39, 0.29) is 40.7 Å². The fourth-order valence-corrected chi connectivity index (χ4v) is 5.67. The van der Waals surface area contributed by atoms with Gasteiger partial charge in [0.25, 0.3) is 0 Å². The Kier molecular flexibility index (Phi) is 8.76. The third kappa shape index (κ3) is 6.52. The molecule has 2 aromatic carbocycles. The zero-order valence-corrected chi connectivity index (χ0v) is 21.4. The Labute approximate surface area is 213 Å². The lowest BCUT2D eigenvalue weighted by Crippen LogP contribution is -2.44. The summed E-state index contributed by atoms with van der Waals surface area (Å²) in [7, 11) is -1.33. The third-order valence-electron chi connectivity index (χ3n) is 5.59. The van der Waals surface area contributed by atoms with Crippen LogP contribution in [-0.4, -0.2) is 57.9 Å². The van der Waals surface area contributed by atoms with Crippen molar-refractivity contribution in [1.82, 2.24) is 4.31 Å². The number of amides is 1. The van der Waals surface area contributed by atoms with E-state index in [1.807, 2.05) is 0 Å². The van der Waals surface area contributed by atoms with E-state index in [0.717, 1.165) is 0 Å². The zero-order chi connectivity index (χ0) is 25.8. The Morgan fingerprint density at radius 3 is 2.40 bits per heavy atom. The Bertz CT molecular complexity index is 1250. The van der Waals surface area contributed by atoms with Gasteiger partial charge in [0.2, 0.25) is 15.9 Å². The van der Waals surface area contributed by atoms with E-state index in [1.165, 1.54) is 48.9 Å². The van der Waals surface area contributed by atoms with Crippen LogP contribution in [0.25, 0.3) is 0 Å². The van der Waals surface area contributed by atoms with Crippen molar-refractivity contribution in [1.29, 1.82) is 0 Å². The summed E-state index contributed by atoms with van der Waals surface area (Å²) >= 11 is 11.9. The van der Waals surface area contributed by atoms with Gasteiger partial charge in [-0.05, 0) is 48.7 Å². The average molecular weight is 543 g/mol. The minimum Gasteiger partial charge on any atom is -0.465 e. The molecule has 1 heterocycles. The van der Waals surface area contributed by atoms with Gasteiger partial charge in [-0.1, -0.05) is 29.3 Å². The second-order valence-corrected chi connectivity index (χ2v) is 10.7. The molecular weight excluding hydrogens is 519 g/mol. The van der Waals surface area contributed by atoms with Crippen LogP contribution in [0.3, 0.4) is 0 Å². The monoisotopic (exact) mass is 542 g/mol. The van der Waals surface area contributed by atoms with Gasteiger partial charge >= 0.3 is 11.9 Å². The maximum absolute atomic E-state index is 13.1. The SMILES string of the molecule is COC(=O)c1ccc(C(=O)OC)c(NC(=O)[C@@H]2CCCN(S(=O)(=O)Cc3ccc(Cl)c(Cl)c3)C2)c1. The van der Waals surface area contributed by atoms with Gasteiger partial charge in [0, 0.05) is 13.1 Å². The summed E-state index contributed by atoms with van der Waals surface area (Å²) in [5.74, 6) is -2.78.